The van der Waals surface area contributed by atoms with E-state index in [1.54, 1.807) is 6.07 Å². The third kappa shape index (κ3) is 3.35. The van der Waals surface area contributed by atoms with Crippen molar-refractivity contribution < 1.29 is 9.72 Å². The fraction of sp³-hybridized carbons (Fsp3) is 0.133. The van der Waals surface area contributed by atoms with Gasteiger partial charge in [0.05, 0.1) is 11.0 Å². The molecule has 0 saturated heterocycles. The first-order valence-corrected chi connectivity index (χ1v) is 6.87. The summed E-state index contributed by atoms with van der Waals surface area (Å²) in [5.41, 5.74) is 6.13. The maximum Gasteiger partial charge on any atom is 0.293 e. The van der Waals surface area contributed by atoms with Crippen LogP contribution in [0.2, 0.25) is 5.02 Å². The topological polar surface area (TPSA) is 98.3 Å². The number of hydrogen-bond acceptors (Lipinski definition) is 4. The quantitative estimate of drug-likeness (QED) is 0.650. The van der Waals surface area contributed by atoms with Crippen molar-refractivity contribution in [3.63, 3.8) is 0 Å². The van der Waals surface area contributed by atoms with Gasteiger partial charge >= 0.3 is 0 Å². The van der Waals surface area contributed by atoms with Gasteiger partial charge in [0.2, 0.25) is 5.91 Å². The molecule has 0 radical (unpaired) electrons. The predicted molar refractivity (Wildman–Crippen MR) is 85.1 cm³/mol. The minimum atomic E-state index is -0.714. The Morgan fingerprint density at radius 2 is 2.00 bits per heavy atom. The summed E-state index contributed by atoms with van der Waals surface area (Å²) in [7, 11) is 0. The number of primary amides is 1. The molecule has 0 aliphatic carbocycles. The molecule has 1 amide bonds. The van der Waals surface area contributed by atoms with E-state index in [9.17, 15) is 14.9 Å². The van der Waals surface area contributed by atoms with E-state index in [0.29, 0.717) is 10.7 Å². The lowest BCUT2D eigenvalue weighted by Gasteiger charge is -2.17. The van der Waals surface area contributed by atoms with Crippen LogP contribution in [0.1, 0.15) is 28.9 Å². The van der Waals surface area contributed by atoms with Crippen molar-refractivity contribution in [2.45, 2.75) is 13.0 Å². The number of nitrogens with zero attached hydrogens (tertiary/aromatic N) is 1. The van der Waals surface area contributed by atoms with Crippen molar-refractivity contribution in [3.05, 3.63) is 68.7 Å². The summed E-state index contributed by atoms with van der Waals surface area (Å²) < 4.78 is 0. The normalized spacial score (nSPS) is 11.7. The maximum atomic E-state index is 11.2. The van der Waals surface area contributed by atoms with Crippen molar-refractivity contribution in [2.75, 3.05) is 5.32 Å². The predicted octanol–water partition coefficient (Wildman–Crippen LogP) is 3.52. The molecule has 0 bridgehead atoms. The number of nitro benzene ring substituents is 1. The second kappa shape index (κ2) is 6.44. The first-order chi connectivity index (χ1) is 10.4. The van der Waals surface area contributed by atoms with E-state index in [1.807, 2.05) is 25.1 Å². The third-order valence-electron chi connectivity index (χ3n) is 3.22. The van der Waals surface area contributed by atoms with Crippen LogP contribution in [0, 0.1) is 10.1 Å². The Kier molecular flexibility index (Phi) is 4.62. The molecule has 1 atom stereocenters. The van der Waals surface area contributed by atoms with Crippen LogP contribution >= 0.6 is 11.6 Å². The van der Waals surface area contributed by atoms with Gasteiger partial charge in [-0.05, 0) is 30.7 Å². The number of nitrogens with one attached hydrogen (secondary N) is 1. The Balaban J connectivity index is 2.35. The SMILES string of the molecule is C[C@@H](Nc1ccc(C(N)=O)cc1[N+](=O)[O-])c1ccccc1Cl. The van der Waals surface area contributed by atoms with Gasteiger partial charge in [-0.1, -0.05) is 29.8 Å². The highest BCUT2D eigenvalue weighted by Crippen LogP contribution is 2.31. The Labute approximate surface area is 132 Å². The van der Waals surface area contributed by atoms with Crippen LogP contribution in [0.3, 0.4) is 0 Å². The van der Waals surface area contributed by atoms with E-state index in [0.717, 1.165) is 11.6 Å². The van der Waals surface area contributed by atoms with Crippen LogP contribution in [0.5, 0.6) is 0 Å². The Morgan fingerprint density at radius 1 is 1.32 bits per heavy atom. The van der Waals surface area contributed by atoms with Gasteiger partial charge in [0.25, 0.3) is 5.69 Å². The highest BCUT2D eigenvalue weighted by Gasteiger charge is 2.19. The van der Waals surface area contributed by atoms with Crippen LogP contribution in [-0.2, 0) is 0 Å². The molecule has 7 heteroatoms. The molecule has 0 spiro atoms. The van der Waals surface area contributed by atoms with Gasteiger partial charge in [-0.3, -0.25) is 14.9 Å². The molecule has 0 fully saturated rings. The number of carbonyl (C=O) groups excluding carboxylic acids is 1. The van der Waals surface area contributed by atoms with Gasteiger partial charge < -0.3 is 11.1 Å². The Hall–Kier alpha value is -2.60. The molecule has 2 aromatic carbocycles. The van der Waals surface area contributed by atoms with Crippen molar-refractivity contribution in [3.8, 4) is 0 Å². The zero-order valence-electron chi connectivity index (χ0n) is 11.7. The monoisotopic (exact) mass is 319 g/mol. The van der Waals surface area contributed by atoms with Gasteiger partial charge in [0.15, 0.2) is 0 Å². The van der Waals surface area contributed by atoms with E-state index in [4.69, 9.17) is 17.3 Å². The smallest absolute Gasteiger partial charge is 0.293 e. The van der Waals surface area contributed by atoms with Crippen LogP contribution < -0.4 is 11.1 Å². The van der Waals surface area contributed by atoms with E-state index >= 15 is 0 Å². The molecule has 0 aromatic heterocycles. The van der Waals surface area contributed by atoms with Crippen LogP contribution in [0.15, 0.2) is 42.5 Å². The van der Waals surface area contributed by atoms with Gasteiger partial charge in [0.1, 0.15) is 5.69 Å². The largest absolute Gasteiger partial charge is 0.373 e. The second-order valence-corrected chi connectivity index (χ2v) is 5.15. The molecule has 0 unspecified atom stereocenters. The Bertz CT molecular complexity index is 734. The third-order valence-corrected chi connectivity index (χ3v) is 3.57. The minimum absolute atomic E-state index is 0.0858. The fourth-order valence-corrected chi connectivity index (χ4v) is 2.39. The summed E-state index contributed by atoms with van der Waals surface area (Å²) in [4.78, 5) is 21.7. The molecule has 3 N–H and O–H groups in total. The van der Waals surface area contributed by atoms with Crippen LogP contribution in [0.4, 0.5) is 11.4 Å². The molecular formula is C15H14ClN3O3. The molecule has 0 heterocycles. The molecule has 0 aliphatic heterocycles. The maximum absolute atomic E-state index is 11.2. The standard InChI is InChI=1S/C15H14ClN3O3/c1-9(11-4-2-3-5-12(11)16)18-13-7-6-10(15(17)20)8-14(13)19(21)22/h2-9,18H,1H3,(H2,17,20)/t9-/m1/s1. The highest BCUT2D eigenvalue weighted by molar-refractivity contribution is 6.31. The number of nitrogens with two attached hydrogens (primary N) is 1. The van der Waals surface area contributed by atoms with E-state index in [1.165, 1.54) is 12.1 Å². The van der Waals surface area contributed by atoms with Gasteiger partial charge in [0, 0.05) is 16.7 Å². The van der Waals surface area contributed by atoms with Crippen molar-refractivity contribution in [1.82, 2.24) is 0 Å². The first-order valence-electron chi connectivity index (χ1n) is 6.49. The van der Waals surface area contributed by atoms with Gasteiger partial charge in [-0.2, -0.15) is 0 Å². The highest BCUT2D eigenvalue weighted by atomic mass is 35.5. The number of benzene rings is 2. The Morgan fingerprint density at radius 3 is 2.59 bits per heavy atom. The molecule has 22 heavy (non-hydrogen) atoms. The summed E-state index contributed by atoms with van der Waals surface area (Å²) >= 11 is 6.12. The number of nitro groups is 1. The summed E-state index contributed by atoms with van der Waals surface area (Å²) in [6.45, 7) is 1.84. The van der Waals surface area contributed by atoms with E-state index in [2.05, 4.69) is 5.32 Å². The lowest BCUT2D eigenvalue weighted by Crippen LogP contribution is -2.13. The molecule has 2 rings (SSSR count). The molecular weight excluding hydrogens is 306 g/mol. The van der Waals surface area contributed by atoms with Crippen molar-refractivity contribution in [2.24, 2.45) is 5.73 Å². The summed E-state index contributed by atoms with van der Waals surface area (Å²) in [6, 6.07) is 11.1. The molecule has 2 aromatic rings. The number of rotatable bonds is 5. The second-order valence-electron chi connectivity index (χ2n) is 4.74. The average Bonchev–Trinajstić information content (AvgIpc) is 2.47. The minimum Gasteiger partial charge on any atom is -0.373 e. The van der Waals surface area contributed by atoms with E-state index in [-0.39, 0.29) is 17.3 Å². The molecule has 6 nitrogen and oxygen atoms in total. The first kappa shape index (κ1) is 15.8. The molecule has 0 saturated carbocycles. The van der Waals surface area contributed by atoms with Crippen molar-refractivity contribution >= 4 is 28.9 Å². The number of halogens is 1. The van der Waals surface area contributed by atoms with Crippen LogP contribution in [-0.4, -0.2) is 10.8 Å². The lowest BCUT2D eigenvalue weighted by atomic mass is 10.1. The lowest BCUT2D eigenvalue weighted by molar-refractivity contribution is -0.384. The zero-order valence-corrected chi connectivity index (χ0v) is 12.5. The summed E-state index contributed by atoms with van der Waals surface area (Å²) in [5, 5.41) is 14.8. The molecule has 114 valence electrons. The number of anilines is 1. The number of amides is 1. The van der Waals surface area contributed by atoms with Gasteiger partial charge in [-0.15, -0.1) is 0 Å². The zero-order chi connectivity index (χ0) is 16.3. The summed E-state index contributed by atoms with van der Waals surface area (Å²) in [5.74, 6) is -0.714. The van der Waals surface area contributed by atoms with Crippen LogP contribution in [0.25, 0.3) is 0 Å². The van der Waals surface area contributed by atoms with Gasteiger partial charge in [-0.25, -0.2) is 0 Å². The summed E-state index contributed by atoms with van der Waals surface area (Å²) in [6.07, 6.45) is 0. The molecule has 0 aliphatic rings. The van der Waals surface area contributed by atoms with Crippen molar-refractivity contribution in [1.29, 1.82) is 0 Å². The average molecular weight is 320 g/mol. The van der Waals surface area contributed by atoms with E-state index < -0.39 is 10.8 Å². The fourth-order valence-electron chi connectivity index (χ4n) is 2.10. The number of carbonyl (C=O) groups is 1. The number of hydrogen-bond donors (Lipinski definition) is 2.